The van der Waals surface area contributed by atoms with Crippen LogP contribution in [0.25, 0.3) is 0 Å². The number of nitrogens with one attached hydrogen (secondary N) is 1. The predicted octanol–water partition coefficient (Wildman–Crippen LogP) is 2.50. The molecule has 0 aromatic carbocycles. The molecule has 4 heteroatoms. The van der Waals surface area contributed by atoms with Crippen LogP contribution in [0, 0.1) is 0 Å². The number of piperidine rings is 1. The fourth-order valence-electron chi connectivity index (χ4n) is 1.92. The molecule has 0 aliphatic carbocycles. The van der Waals surface area contributed by atoms with Crippen molar-refractivity contribution in [3.63, 3.8) is 0 Å². The Labute approximate surface area is 105 Å². The third-order valence-corrected chi connectivity index (χ3v) is 3.20. The van der Waals surface area contributed by atoms with Crippen LogP contribution in [0.1, 0.15) is 24.8 Å². The standard InChI is InChI=1S/C12H17BrN2O/c13-11-5-10(6-14-7-11)8-16-9-12-3-1-2-4-15-12/h5-7,12,15H,1-4,8-9H2. The van der Waals surface area contributed by atoms with Gasteiger partial charge in [0.1, 0.15) is 0 Å². The second-order valence-electron chi connectivity index (χ2n) is 4.17. The minimum Gasteiger partial charge on any atom is -0.375 e. The van der Waals surface area contributed by atoms with E-state index in [4.69, 9.17) is 4.74 Å². The highest BCUT2D eigenvalue weighted by atomic mass is 79.9. The fourth-order valence-corrected chi connectivity index (χ4v) is 2.33. The first-order valence-electron chi connectivity index (χ1n) is 5.75. The van der Waals surface area contributed by atoms with Crippen LogP contribution in [0.2, 0.25) is 0 Å². The van der Waals surface area contributed by atoms with Gasteiger partial charge in [-0.15, -0.1) is 0 Å². The molecule has 1 atom stereocenters. The van der Waals surface area contributed by atoms with Crippen molar-refractivity contribution in [2.45, 2.75) is 31.9 Å². The van der Waals surface area contributed by atoms with E-state index in [0.717, 1.165) is 23.2 Å². The number of hydrogen-bond donors (Lipinski definition) is 1. The predicted molar refractivity (Wildman–Crippen MR) is 67.2 cm³/mol. The summed E-state index contributed by atoms with van der Waals surface area (Å²) < 4.78 is 6.69. The van der Waals surface area contributed by atoms with Gasteiger partial charge in [0.25, 0.3) is 0 Å². The molecule has 0 amide bonds. The van der Waals surface area contributed by atoms with Gasteiger partial charge in [-0.05, 0) is 46.9 Å². The van der Waals surface area contributed by atoms with Crippen LogP contribution in [0.15, 0.2) is 22.9 Å². The molecule has 2 heterocycles. The maximum absolute atomic E-state index is 5.69. The average Bonchev–Trinajstić information content (AvgIpc) is 2.30. The molecule has 3 nitrogen and oxygen atoms in total. The molecule has 0 saturated carbocycles. The van der Waals surface area contributed by atoms with Gasteiger partial charge in [-0.2, -0.15) is 0 Å². The zero-order valence-corrected chi connectivity index (χ0v) is 10.9. The van der Waals surface area contributed by atoms with Gasteiger partial charge < -0.3 is 10.1 Å². The molecule has 0 bridgehead atoms. The molecule has 1 saturated heterocycles. The van der Waals surface area contributed by atoms with Crippen molar-refractivity contribution in [1.82, 2.24) is 10.3 Å². The minimum atomic E-state index is 0.536. The van der Waals surface area contributed by atoms with E-state index >= 15 is 0 Å². The Morgan fingerprint density at radius 3 is 3.12 bits per heavy atom. The van der Waals surface area contributed by atoms with E-state index in [2.05, 4.69) is 26.2 Å². The van der Waals surface area contributed by atoms with E-state index in [0.29, 0.717) is 12.6 Å². The highest BCUT2D eigenvalue weighted by Gasteiger charge is 2.12. The topological polar surface area (TPSA) is 34.1 Å². The van der Waals surface area contributed by atoms with Gasteiger partial charge >= 0.3 is 0 Å². The van der Waals surface area contributed by atoms with Crippen molar-refractivity contribution in [2.75, 3.05) is 13.2 Å². The monoisotopic (exact) mass is 284 g/mol. The number of hydrogen-bond acceptors (Lipinski definition) is 3. The lowest BCUT2D eigenvalue weighted by molar-refractivity contribution is 0.0909. The van der Waals surface area contributed by atoms with Crippen LogP contribution in [0.3, 0.4) is 0 Å². The van der Waals surface area contributed by atoms with Gasteiger partial charge in [0, 0.05) is 22.9 Å². The van der Waals surface area contributed by atoms with Crippen molar-refractivity contribution in [2.24, 2.45) is 0 Å². The molecule has 0 radical (unpaired) electrons. The van der Waals surface area contributed by atoms with E-state index in [1.54, 1.807) is 6.20 Å². The van der Waals surface area contributed by atoms with Crippen LogP contribution in [0.4, 0.5) is 0 Å². The molecule has 1 aromatic rings. The summed E-state index contributed by atoms with van der Waals surface area (Å²) in [6.45, 7) is 2.57. The molecule has 1 aliphatic rings. The summed E-state index contributed by atoms with van der Waals surface area (Å²) in [5.74, 6) is 0. The molecule has 1 fully saturated rings. The number of pyridine rings is 1. The molecule has 1 unspecified atom stereocenters. The molecule has 16 heavy (non-hydrogen) atoms. The second kappa shape index (κ2) is 6.33. The molecule has 2 rings (SSSR count). The van der Waals surface area contributed by atoms with Crippen LogP contribution in [-0.4, -0.2) is 24.2 Å². The first-order chi connectivity index (χ1) is 7.84. The number of aromatic nitrogens is 1. The third-order valence-electron chi connectivity index (χ3n) is 2.76. The lowest BCUT2D eigenvalue weighted by Gasteiger charge is -2.23. The lowest BCUT2D eigenvalue weighted by atomic mass is 10.1. The van der Waals surface area contributed by atoms with Gasteiger partial charge in [0.2, 0.25) is 0 Å². The summed E-state index contributed by atoms with van der Waals surface area (Å²) in [4.78, 5) is 4.11. The van der Waals surface area contributed by atoms with Gasteiger partial charge in [0.05, 0.1) is 13.2 Å². The van der Waals surface area contributed by atoms with Crippen molar-refractivity contribution < 1.29 is 4.74 Å². The molecule has 1 N–H and O–H groups in total. The Morgan fingerprint density at radius 2 is 2.38 bits per heavy atom. The lowest BCUT2D eigenvalue weighted by Crippen LogP contribution is -2.37. The van der Waals surface area contributed by atoms with E-state index < -0.39 is 0 Å². The largest absolute Gasteiger partial charge is 0.375 e. The fraction of sp³-hybridized carbons (Fsp3) is 0.583. The summed E-state index contributed by atoms with van der Waals surface area (Å²) in [6.07, 6.45) is 7.48. The number of nitrogens with zero attached hydrogens (tertiary/aromatic N) is 1. The molecular weight excluding hydrogens is 268 g/mol. The molecule has 0 spiro atoms. The van der Waals surface area contributed by atoms with Crippen molar-refractivity contribution >= 4 is 15.9 Å². The molecular formula is C12H17BrN2O. The van der Waals surface area contributed by atoms with Crippen molar-refractivity contribution in [3.8, 4) is 0 Å². The zero-order valence-electron chi connectivity index (χ0n) is 9.29. The van der Waals surface area contributed by atoms with Crippen molar-refractivity contribution in [1.29, 1.82) is 0 Å². The normalized spacial score (nSPS) is 20.9. The Balaban J connectivity index is 1.71. The highest BCUT2D eigenvalue weighted by molar-refractivity contribution is 9.10. The van der Waals surface area contributed by atoms with Gasteiger partial charge in [-0.25, -0.2) is 0 Å². The minimum absolute atomic E-state index is 0.536. The molecule has 88 valence electrons. The Bertz CT molecular complexity index is 327. The third kappa shape index (κ3) is 3.85. The van der Waals surface area contributed by atoms with Gasteiger partial charge in [-0.1, -0.05) is 6.42 Å². The molecule has 1 aromatic heterocycles. The number of rotatable bonds is 4. The average molecular weight is 285 g/mol. The molecule has 1 aliphatic heterocycles. The maximum atomic E-state index is 5.69. The van der Waals surface area contributed by atoms with Gasteiger partial charge in [-0.3, -0.25) is 4.98 Å². The second-order valence-corrected chi connectivity index (χ2v) is 5.09. The number of ether oxygens (including phenoxy) is 1. The Morgan fingerprint density at radius 1 is 1.44 bits per heavy atom. The maximum Gasteiger partial charge on any atom is 0.0733 e. The quantitative estimate of drug-likeness (QED) is 0.923. The van der Waals surface area contributed by atoms with Crippen LogP contribution in [-0.2, 0) is 11.3 Å². The first-order valence-corrected chi connectivity index (χ1v) is 6.54. The summed E-state index contributed by atoms with van der Waals surface area (Å²) in [7, 11) is 0. The summed E-state index contributed by atoms with van der Waals surface area (Å²) in [5, 5.41) is 3.47. The summed E-state index contributed by atoms with van der Waals surface area (Å²) in [6, 6.07) is 2.58. The van der Waals surface area contributed by atoms with E-state index in [-0.39, 0.29) is 0 Å². The van der Waals surface area contributed by atoms with Crippen LogP contribution in [0.5, 0.6) is 0 Å². The van der Waals surface area contributed by atoms with E-state index in [9.17, 15) is 0 Å². The Kier molecular flexibility index (Phi) is 4.75. The van der Waals surface area contributed by atoms with Crippen molar-refractivity contribution in [3.05, 3.63) is 28.5 Å². The van der Waals surface area contributed by atoms with Crippen LogP contribution >= 0.6 is 15.9 Å². The van der Waals surface area contributed by atoms with Gasteiger partial charge in [0.15, 0.2) is 0 Å². The summed E-state index contributed by atoms with van der Waals surface area (Å²) >= 11 is 3.40. The summed E-state index contributed by atoms with van der Waals surface area (Å²) in [5.41, 5.74) is 1.12. The smallest absolute Gasteiger partial charge is 0.0733 e. The SMILES string of the molecule is Brc1cncc(COCC2CCCCN2)c1. The highest BCUT2D eigenvalue weighted by Crippen LogP contribution is 2.11. The Hall–Kier alpha value is -0.450. The van der Waals surface area contributed by atoms with E-state index in [1.165, 1.54) is 19.3 Å². The van der Waals surface area contributed by atoms with Crippen LogP contribution < -0.4 is 5.32 Å². The number of halogens is 1. The first kappa shape index (κ1) is 12.0. The van der Waals surface area contributed by atoms with E-state index in [1.807, 2.05) is 12.3 Å². The zero-order chi connectivity index (χ0) is 11.2.